The Morgan fingerprint density at radius 2 is 2.17 bits per heavy atom. The summed E-state index contributed by atoms with van der Waals surface area (Å²) in [6, 6.07) is 3.77. The van der Waals surface area contributed by atoms with Crippen LogP contribution < -0.4 is 15.4 Å². The summed E-state index contributed by atoms with van der Waals surface area (Å²) in [5, 5.41) is 5.66. The highest BCUT2D eigenvalue weighted by molar-refractivity contribution is 5.83. The quantitative estimate of drug-likeness (QED) is 0.863. The molecule has 124 valence electrons. The lowest BCUT2D eigenvalue weighted by Crippen LogP contribution is -2.42. The van der Waals surface area contributed by atoms with Gasteiger partial charge in [0, 0.05) is 31.8 Å². The number of carbonyl (C=O) groups is 2. The van der Waals surface area contributed by atoms with E-state index in [1.807, 2.05) is 12.1 Å². The molecule has 2 aliphatic rings. The van der Waals surface area contributed by atoms with Crippen molar-refractivity contribution in [1.29, 1.82) is 0 Å². The van der Waals surface area contributed by atoms with E-state index in [1.165, 1.54) is 12.8 Å². The van der Waals surface area contributed by atoms with E-state index in [0.29, 0.717) is 31.8 Å². The molecule has 0 aromatic carbocycles. The van der Waals surface area contributed by atoms with Crippen LogP contribution in [0.1, 0.15) is 44.1 Å². The first-order chi connectivity index (χ1) is 11.2. The Kier molecular flexibility index (Phi) is 5.10. The van der Waals surface area contributed by atoms with Crippen LogP contribution in [-0.4, -0.2) is 29.4 Å². The largest absolute Gasteiger partial charge is 0.474 e. The summed E-state index contributed by atoms with van der Waals surface area (Å²) in [7, 11) is 0. The highest BCUT2D eigenvalue weighted by atomic mass is 16.5. The third-order valence-corrected chi connectivity index (χ3v) is 4.49. The molecule has 2 fully saturated rings. The maximum Gasteiger partial charge on any atom is 0.225 e. The first-order valence-corrected chi connectivity index (χ1v) is 8.37. The van der Waals surface area contributed by atoms with Gasteiger partial charge in [0.15, 0.2) is 0 Å². The van der Waals surface area contributed by atoms with E-state index in [0.717, 1.165) is 18.4 Å². The van der Waals surface area contributed by atoms with Crippen molar-refractivity contribution in [1.82, 2.24) is 15.6 Å². The van der Waals surface area contributed by atoms with Crippen molar-refractivity contribution in [2.75, 3.05) is 6.54 Å². The Morgan fingerprint density at radius 3 is 2.91 bits per heavy atom. The summed E-state index contributed by atoms with van der Waals surface area (Å²) in [6.45, 7) is 0.879. The molecule has 0 spiro atoms. The van der Waals surface area contributed by atoms with Crippen molar-refractivity contribution in [2.24, 2.45) is 5.92 Å². The molecule has 23 heavy (non-hydrogen) atoms. The molecule has 1 atom stereocenters. The average Bonchev–Trinajstić information content (AvgIpc) is 3.07. The van der Waals surface area contributed by atoms with Gasteiger partial charge in [-0.15, -0.1) is 0 Å². The topological polar surface area (TPSA) is 80.3 Å². The number of piperidine rings is 1. The van der Waals surface area contributed by atoms with Gasteiger partial charge in [0.05, 0.1) is 5.92 Å². The van der Waals surface area contributed by atoms with Gasteiger partial charge in [-0.3, -0.25) is 9.59 Å². The molecule has 6 nitrogen and oxygen atoms in total. The lowest BCUT2D eigenvalue weighted by molar-refractivity contribution is -0.129. The molecule has 1 saturated carbocycles. The number of carbonyl (C=O) groups excluding carboxylic acids is 2. The highest BCUT2D eigenvalue weighted by Crippen LogP contribution is 2.23. The second-order valence-corrected chi connectivity index (χ2v) is 6.28. The van der Waals surface area contributed by atoms with Gasteiger partial charge in [-0.05, 0) is 43.7 Å². The summed E-state index contributed by atoms with van der Waals surface area (Å²) in [4.78, 5) is 27.5. The van der Waals surface area contributed by atoms with E-state index in [9.17, 15) is 9.59 Å². The van der Waals surface area contributed by atoms with E-state index in [2.05, 4.69) is 15.6 Å². The SMILES string of the molecule is O=C1CCC(C(=O)NCc2ccnc(OC3CCCC3)c2)CN1. The smallest absolute Gasteiger partial charge is 0.225 e. The normalized spacial score (nSPS) is 21.7. The minimum Gasteiger partial charge on any atom is -0.474 e. The number of amides is 2. The van der Waals surface area contributed by atoms with Crippen molar-refractivity contribution in [2.45, 2.75) is 51.2 Å². The lowest BCUT2D eigenvalue weighted by atomic mass is 9.98. The molecule has 3 rings (SSSR count). The van der Waals surface area contributed by atoms with Gasteiger partial charge < -0.3 is 15.4 Å². The van der Waals surface area contributed by atoms with Gasteiger partial charge in [0.25, 0.3) is 0 Å². The average molecular weight is 317 g/mol. The van der Waals surface area contributed by atoms with Gasteiger partial charge in [-0.1, -0.05) is 0 Å². The van der Waals surface area contributed by atoms with Crippen molar-refractivity contribution >= 4 is 11.8 Å². The van der Waals surface area contributed by atoms with E-state index in [4.69, 9.17) is 4.74 Å². The van der Waals surface area contributed by atoms with Crippen LogP contribution in [0.4, 0.5) is 0 Å². The number of nitrogens with one attached hydrogen (secondary N) is 2. The van der Waals surface area contributed by atoms with Crippen LogP contribution in [0.15, 0.2) is 18.3 Å². The minimum absolute atomic E-state index is 0.0138. The van der Waals surface area contributed by atoms with Crippen LogP contribution in [0.5, 0.6) is 5.88 Å². The van der Waals surface area contributed by atoms with Gasteiger partial charge in [-0.2, -0.15) is 0 Å². The van der Waals surface area contributed by atoms with E-state index < -0.39 is 0 Å². The van der Waals surface area contributed by atoms with Crippen molar-refractivity contribution in [3.63, 3.8) is 0 Å². The monoisotopic (exact) mass is 317 g/mol. The molecule has 1 unspecified atom stereocenters. The number of pyridine rings is 1. The van der Waals surface area contributed by atoms with Crippen LogP contribution >= 0.6 is 0 Å². The number of nitrogens with zero attached hydrogens (tertiary/aromatic N) is 1. The first-order valence-electron chi connectivity index (χ1n) is 8.37. The highest BCUT2D eigenvalue weighted by Gasteiger charge is 2.24. The second-order valence-electron chi connectivity index (χ2n) is 6.28. The van der Waals surface area contributed by atoms with E-state index >= 15 is 0 Å². The van der Waals surface area contributed by atoms with Crippen molar-refractivity contribution in [3.05, 3.63) is 23.9 Å². The summed E-state index contributed by atoms with van der Waals surface area (Å²) in [5.41, 5.74) is 0.973. The predicted octanol–water partition coefficient (Wildman–Crippen LogP) is 1.55. The standard InChI is InChI=1S/C17H23N3O3/c21-15-6-5-13(11-19-15)17(22)20-10-12-7-8-18-16(9-12)23-14-3-1-2-4-14/h7-9,13-14H,1-6,10-11H2,(H,19,21)(H,20,22). The molecule has 1 aliphatic heterocycles. The number of rotatable bonds is 5. The minimum atomic E-state index is -0.135. The molecule has 0 radical (unpaired) electrons. The summed E-state index contributed by atoms with van der Waals surface area (Å²) < 4.78 is 5.88. The molecule has 1 aliphatic carbocycles. The molecule has 1 saturated heterocycles. The Balaban J connectivity index is 1.49. The van der Waals surface area contributed by atoms with Gasteiger partial charge >= 0.3 is 0 Å². The fourth-order valence-electron chi connectivity index (χ4n) is 3.09. The zero-order valence-electron chi connectivity index (χ0n) is 13.2. The van der Waals surface area contributed by atoms with Crippen LogP contribution in [0, 0.1) is 5.92 Å². The Bertz CT molecular complexity index is 560. The van der Waals surface area contributed by atoms with E-state index in [-0.39, 0.29) is 23.8 Å². The molecule has 1 aromatic heterocycles. The number of ether oxygens (including phenoxy) is 1. The van der Waals surface area contributed by atoms with E-state index in [1.54, 1.807) is 6.20 Å². The second kappa shape index (κ2) is 7.44. The molecule has 0 bridgehead atoms. The Morgan fingerprint density at radius 1 is 1.35 bits per heavy atom. The van der Waals surface area contributed by atoms with Crippen molar-refractivity contribution in [3.8, 4) is 5.88 Å². The zero-order chi connectivity index (χ0) is 16.1. The summed E-state index contributed by atoms with van der Waals surface area (Å²) in [6.07, 6.45) is 7.66. The third-order valence-electron chi connectivity index (χ3n) is 4.49. The van der Waals surface area contributed by atoms with Crippen LogP contribution in [0.25, 0.3) is 0 Å². The lowest BCUT2D eigenvalue weighted by Gasteiger charge is -2.21. The number of aromatic nitrogens is 1. The predicted molar refractivity (Wildman–Crippen MR) is 84.7 cm³/mol. The van der Waals surface area contributed by atoms with Crippen molar-refractivity contribution < 1.29 is 14.3 Å². The van der Waals surface area contributed by atoms with Gasteiger partial charge in [-0.25, -0.2) is 4.98 Å². The molecular formula is C17H23N3O3. The fraction of sp³-hybridized carbons (Fsp3) is 0.588. The fourth-order valence-corrected chi connectivity index (χ4v) is 3.09. The molecule has 6 heteroatoms. The van der Waals surface area contributed by atoms with Gasteiger partial charge in [0.1, 0.15) is 6.10 Å². The Hall–Kier alpha value is -2.11. The first kappa shape index (κ1) is 15.8. The molecular weight excluding hydrogens is 294 g/mol. The maximum absolute atomic E-state index is 12.1. The third kappa shape index (κ3) is 4.43. The summed E-state index contributed by atoms with van der Waals surface area (Å²) >= 11 is 0. The molecule has 1 aromatic rings. The van der Waals surface area contributed by atoms with Gasteiger partial charge in [0.2, 0.25) is 17.7 Å². The molecule has 2 heterocycles. The van der Waals surface area contributed by atoms with Crippen LogP contribution in [-0.2, 0) is 16.1 Å². The van der Waals surface area contributed by atoms with Crippen LogP contribution in [0.2, 0.25) is 0 Å². The Labute approximate surface area is 136 Å². The number of hydrogen-bond donors (Lipinski definition) is 2. The summed E-state index contributed by atoms with van der Waals surface area (Å²) in [5.74, 6) is 0.509. The number of hydrogen-bond acceptors (Lipinski definition) is 4. The van der Waals surface area contributed by atoms with Crippen LogP contribution in [0.3, 0.4) is 0 Å². The molecule has 2 amide bonds. The maximum atomic E-state index is 12.1. The zero-order valence-corrected chi connectivity index (χ0v) is 13.2. The molecule has 2 N–H and O–H groups in total.